The lowest BCUT2D eigenvalue weighted by Gasteiger charge is -2.27. The number of hydrogen-bond donors (Lipinski definition) is 1. The van der Waals surface area contributed by atoms with Crippen LogP contribution >= 0.6 is 34.3 Å². The smallest absolute Gasteiger partial charge is 0.229 e. The van der Waals surface area contributed by atoms with Crippen LogP contribution in [0.2, 0.25) is 4.34 Å². The second-order valence-corrected chi connectivity index (χ2v) is 8.68. The summed E-state index contributed by atoms with van der Waals surface area (Å²) in [7, 11) is 0. The van der Waals surface area contributed by atoms with E-state index in [2.05, 4.69) is 15.2 Å². The van der Waals surface area contributed by atoms with E-state index < -0.39 is 0 Å². The van der Waals surface area contributed by atoms with Crippen molar-refractivity contribution in [2.24, 2.45) is 0 Å². The largest absolute Gasteiger partial charge is 0.335 e. The quantitative estimate of drug-likeness (QED) is 0.904. The van der Waals surface area contributed by atoms with Crippen molar-refractivity contribution in [2.45, 2.75) is 37.8 Å². The molecule has 0 radical (unpaired) electrons. The Kier molecular flexibility index (Phi) is 4.41. The highest BCUT2D eigenvalue weighted by molar-refractivity contribution is 7.23. The van der Waals surface area contributed by atoms with Gasteiger partial charge in [0.25, 0.3) is 0 Å². The molecule has 2 bridgehead atoms. The van der Waals surface area contributed by atoms with Crippen LogP contribution in [0.4, 0.5) is 0 Å². The molecule has 1 N–H and O–H groups in total. The van der Waals surface area contributed by atoms with Crippen molar-refractivity contribution in [3.05, 3.63) is 27.5 Å². The Hall–Kier alpha value is -0.950. The second-order valence-electron chi connectivity index (χ2n) is 6.10. The average Bonchev–Trinajstić information content (AvgIpc) is 3.18. The summed E-state index contributed by atoms with van der Waals surface area (Å²) in [4.78, 5) is 20.6. The van der Waals surface area contributed by atoms with Crippen molar-refractivity contribution in [1.29, 1.82) is 0 Å². The molecule has 1 amide bonds. The number of nitrogens with zero attached hydrogens (tertiary/aromatic N) is 2. The average molecular weight is 368 g/mol. The van der Waals surface area contributed by atoms with E-state index in [0.717, 1.165) is 52.3 Å². The summed E-state index contributed by atoms with van der Waals surface area (Å²) in [5.74, 6) is 0.224. The fraction of sp³-hybridized carbons (Fsp3) is 0.500. The minimum atomic E-state index is 0.224. The van der Waals surface area contributed by atoms with Gasteiger partial charge in [0.05, 0.1) is 21.3 Å². The van der Waals surface area contributed by atoms with Gasteiger partial charge in [0, 0.05) is 24.0 Å². The zero-order chi connectivity index (χ0) is 15.8. The monoisotopic (exact) mass is 367 g/mol. The zero-order valence-electron chi connectivity index (χ0n) is 12.6. The van der Waals surface area contributed by atoms with Gasteiger partial charge in [0.2, 0.25) is 5.91 Å². The van der Waals surface area contributed by atoms with Crippen molar-refractivity contribution in [1.82, 2.24) is 15.2 Å². The molecule has 7 heteroatoms. The number of carbonyl (C=O) groups is 1. The van der Waals surface area contributed by atoms with Crippen LogP contribution in [0.1, 0.15) is 25.0 Å². The van der Waals surface area contributed by atoms with Crippen molar-refractivity contribution >= 4 is 40.2 Å². The third-order valence-electron chi connectivity index (χ3n) is 4.61. The standard InChI is InChI=1S/C16H18ClN3OS2/c17-14-4-3-13(23-14)16-19-10(9-22-16)7-15(21)20-11-1-2-12(20)8-18-6-5-11/h3-4,9,11-12,18H,1-2,5-8H2. The number of fused-ring (bicyclic) bond motifs is 2. The van der Waals surface area contributed by atoms with Crippen LogP contribution in [-0.4, -0.2) is 41.0 Å². The number of rotatable bonds is 3. The van der Waals surface area contributed by atoms with Crippen LogP contribution in [-0.2, 0) is 11.2 Å². The Balaban J connectivity index is 1.48. The first-order valence-corrected chi connectivity index (χ1v) is 10.00. The summed E-state index contributed by atoms with van der Waals surface area (Å²) >= 11 is 9.09. The summed E-state index contributed by atoms with van der Waals surface area (Å²) in [6.45, 7) is 1.95. The molecule has 0 aliphatic carbocycles. The molecule has 2 atom stereocenters. The highest BCUT2D eigenvalue weighted by Crippen LogP contribution is 2.33. The third-order valence-corrected chi connectivity index (χ3v) is 6.90. The molecule has 4 rings (SSSR count). The lowest BCUT2D eigenvalue weighted by atomic mass is 10.1. The van der Waals surface area contributed by atoms with Crippen LogP contribution < -0.4 is 5.32 Å². The Morgan fingerprint density at radius 2 is 2.22 bits per heavy atom. The molecule has 2 unspecified atom stereocenters. The Labute approximate surface area is 148 Å². The minimum absolute atomic E-state index is 0.224. The molecule has 2 aromatic rings. The molecule has 0 saturated carbocycles. The SMILES string of the molecule is O=C(Cc1csc(-c2ccc(Cl)s2)n1)N1C2CCNCC1CC2. The van der Waals surface area contributed by atoms with E-state index in [1.165, 1.54) is 11.3 Å². The van der Waals surface area contributed by atoms with Crippen molar-refractivity contribution in [3.63, 3.8) is 0 Å². The number of thiazole rings is 1. The van der Waals surface area contributed by atoms with Crippen molar-refractivity contribution < 1.29 is 4.79 Å². The molecule has 4 heterocycles. The van der Waals surface area contributed by atoms with E-state index in [9.17, 15) is 4.79 Å². The molecular formula is C16H18ClN3OS2. The summed E-state index contributed by atoms with van der Waals surface area (Å²) in [6, 6.07) is 4.65. The first-order chi connectivity index (χ1) is 11.2. The molecule has 4 nitrogen and oxygen atoms in total. The van der Waals surface area contributed by atoms with Gasteiger partial charge < -0.3 is 10.2 Å². The molecule has 23 heavy (non-hydrogen) atoms. The molecule has 122 valence electrons. The number of aromatic nitrogens is 1. The molecule has 0 aromatic carbocycles. The highest BCUT2D eigenvalue weighted by atomic mass is 35.5. The molecule has 2 aliphatic heterocycles. The summed E-state index contributed by atoms with van der Waals surface area (Å²) in [5.41, 5.74) is 0.871. The van der Waals surface area contributed by atoms with Gasteiger partial charge in [0.15, 0.2) is 0 Å². The van der Waals surface area contributed by atoms with Gasteiger partial charge in [-0.25, -0.2) is 4.98 Å². The fourth-order valence-electron chi connectivity index (χ4n) is 3.57. The first-order valence-electron chi connectivity index (χ1n) is 7.92. The number of hydrogen-bond acceptors (Lipinski definition) is 5. The predicted molar refractivity (Wildman–Crippen MR) is 95.3 cm³/mol. The number of carbonyl (C=O) groups excluding carboxylic acids is 1. The van der Waals surface area contributed by atoms with Crippen LogP contribution in [0.3, 0.4) is 0 Å². The highest BCUT2D eigenvalue weighted by Gasteiger charge is 2.37. The zero-order valence-corrected chi connectivity index (χ0v) is 15.0. The van der Waals surface area contributed by atoms with Gasteiger partial charge in [-0.15, -0.1) is 22.7 Å². The molecule has 2 fully saturated rings. The molecular weight excluding hydrogens is 350 g/mol. The Bertz CT molecular complexity index is 700. The van der Waals surface area contributed by atoms with Gasteiger partial charge >= 0.3 is 0 Å². The van der Waals surface area contributed by atoms with Gasteiger partial charge in [-0.3, -0.25) is 4.79 Å². The minimum Gasteiger partial charge on any atom is -0.335 e. The van der Waals surface area contributed by atoms with E-state index in [-0.39, 0.29) is 5.91 Å². The maximum absolute atomic E-state index is 12.8. The van der Waals surface area contributed by atoms with E-state index in [0.29, 0.717) is 18.5 Å². The lowest BCUT2D eigenvalue weighted by Crippen LogP contribution is -2.43. The number of halogens is 1. The predicted octanol–water partition coefficient (Wildman–Crippen LogP) is 3.42. The lowest BCUT2D eigenvalue weighted by molar-refractivity contribution is -0.133. The topological polar surface area (TPSA) is 45.2 Å². The Morgan fingerprint density at radius 1 is 1.35 bits per heavy atom. The van der Waals surface area contributed by atoms with E-state index in [4.69, 9.17) is 11.6 Å². The molecule has 0 spiro atoms. The second kappa shape index (κ2) is 6.51. The van der Waals surface area contributed by atoms with Gasteiger partial charge in [-0.05, 0) is 37.9 Å². The number of nitrogens with one attached hydrogen (secondary N) is 1. The number of amides is 1. The van der Waals surface area contributed by atoms with Gasteiger partial charge in [-0.1, -0.05) is 11.6 Å². The van der Waals surface area contributed by atoms with E-state index >= 15 is 0 Å². The number of thiophene rings is 1. The Morgan fingerprint density at radius 3 is 3.04 bits per heavy atom. The summed E-state index contributed by atoms with van der Waals surface area (Å²) < 4.78 is 0.765. The summed E-state index contributed by atoms with van der Waals surface area (Å²) in [5, 5.41) is 6.38. The van der Waals surface area contributed by atoms with Crippen LogP contribution in [0, 0.1) is 0 Å². The van der Waals surface area contributed by atoms with Crippen molar-refractivity contribution in [3.8, 4) is 9.88 Å². The molecule has 2 aromatic heterocycles. The van der Waals surface area contributed by atoms with Crippen LogP contribution in [0.25, 0.3) is 9.88 Å². The normalized spacial score (nSPS) is 24.0. The molecule has 2 aliphatic rings. The van der Waals surface area contributed by atoms with E-state index in [1.807, 2.05) is 17.5 Å². The fourth-order valence-corrected chi connectivity index (χ4v) is 5.50. The first kappa shape index (κ1) is 15.6. The van der Waals surface area contributed by atoms with Crippen LogP contribution in [0.5, 0.6) is 0 Å². The maximum Gasteiger partial charge on any atom is 0.229 e. The van der Waals surface area contributed by atoms with Crippen LogP contribution in [0.15, 0.2) is 17.5 Å². The van der Waals surface area contributed by atoms with Gasteiger partial charge in [0.1, 0.15) is 5.01 Å². The van der Waals surface area contributed by atoms with Gasteiger partial charge in [-0.2, -0.15) is 0 Å². The third kappa shape index (κ3) is 3.18. The molecule has 2 saturated heterocycles. The van der Waals surface area contributed by atoms with Crippen molar-refractivity contribution in [2.75, 3.05) is 13.1 Å². The summed E-state index contributed by atoms with van der Waals surface area (Å²) in [6.07, 6.45) is 3.74. The maximum atomic E-state index is 12.8. The van der Waals surface area contributed by atoms with E-state index in [1.54, 1.807) is 11.3 Å².